The van der Waals surface area contributed by atoms with Crippen LogP contribution in [0.15, 0.2) is 29.8 Å². The topological polar surface area (TPSA) is 40.6 Å². The molecule has 1 aromatic rings. The van der Waals surface area contributed by atoms with E-state index in [4.69, 9.17) is 0 Å². The normalized spacial score (nSPS) is 18.5. The van der Waals surface area contributed by atoms with Crippen molar-refractivity contribution >= 4 is 29.7 Å². The Hall–Kier alpha value is -1.82. The maximum absolute atomic E-state index is 13.2. The van der Waals surface area contributed by atoms with Gasteiger partial charge in [0.15, 0.2) is 0 Å². The minimum Gasteiger partial charge on any atom is -0.341 e. The number of rotatable bonds is 3. The molecule has 3 rings (SSSR count). The number of hydrogen-bond donors (Lipinski definition) is 0. The molecule has 2 fully saturated rings. The summed E-state index contributed by atoms with van der Waals surface area (Å²) in [6.45, 7) is 1.51. The van der Waals surface area contributed by atoms with Gasteiger partial charge in [0.1, 0.15) is 12.4 Å². The molecule has 2 saturated heterocycles. The smallest absolute Gasteiger partial charge is 0.242 e. The lowest BCUT2D eigenvalue weighted by Gasteiger charge is -2.30. The minimum absolute atomic E-state index is 0.0191. The zero-order valence-electron chi connectivity index (χ0n) is 12.8. The van der Waals surface area contributed by atoms with Crippen LogP contribution in [0.2, 0.25) is 0 Å². The molecule has 6 heteroatoms. The molecule has 2 heterocycles. The molecule has 0 unspecified atom stereocenters. The lowest BCUT2D eigenvalue weighted by molar-refractivity contribution is -0.138. The van der Waals surface area contributed by atoms with E-state index >= 15 is 0 Å². The molecule has 0 aliphatic carbocycles. The predicted molar refractivity (Wildman–Crippen MR) is 89.2 cm³/mol. The first-order valence-corrected chi connectivity index (χ1v) is 8.85. The molecule has 0 saturated carbocycles. The van der Waals surface area contributed by atoms with Crippen molar-refractivity contribution in [1.82, 2.24) is 9.80 Å². The van der Waals surface area contributed by atoms with E-state index in [1.54, 1.807) is 22.7 Å². The molecule has 0 spiro atoms. The van der Waals surface area contributed by atoms with Gasteiger partial charge in [0, 0.05) is 13.1 Å². The van der Waals surface area contributed by atoms with Crippen LogP contribution < -0.4 is 0 Å². The van der Waals surface area contributed by atoms with E-state index in [9.17, 15) is 14.0 Å². The van der Waals surface area contributed by atoms with Gasteiger partial charge in [0.25, 0.3) is 0 Å². The van der Waals surface area contributed by atoms with Crippen molar-refractivity contribution in [3.8, 4) is 0 Å². The predicted octanol–water partition coefficient (Wildman–Crippen LogP) is 2.36. The molecular weight excluding hydrogens is 315 g/mol. The molecule has 23 heavy (non-hydrogen) atoms. The van der Waals surface area contributed by atoms with Crippen LogP contribution >= 0.6 is 11.8 Å². The molecule has 2 aliphatic heterocycles. The Bertz CT molecular complexity index is 637. The van der Waals surface area contributed by atoms with Crippen LogP contribution in [0.1, 0.15) is 18.4 Å². The molecule has 0 N–H and O–H groups in total. The van der Waals surface area contributed by atoms with Gasteiger partial charge in [0.2, 0.25) is 11.8 Å². The molecule has 0 aromatic heterocycles. The third-order valence-corrected chi connectivity index (χ3v) is 5.07. The van der Waals surface area contributed by atoms with Gasteiger partial charge in [-0.25, -0.2) is 4.39 Å². The number of hydrogen-bond acceptors (Lipinski definition) is 3. The van der Waals surface area contributed by atoms with Crippen LogP contribution in [0, 0.1) is 5.82 Å². The number of likely N-dealkylation sites (tertiary alicyclic amines) is 1. The third-order valence-electron chi connectivity index (χ3n) is 4.13. The summed E-state index contributed by atoms with van der Waals surface area (Å²) < 4.78 is 13.2. The third kappa shape index (κ3) is 4.13. The van der Waals surface area contributed by atoms with Gasteiger partial charge >= 0.3 is 0 Å². The summed E-state index contributed by atoms with van der Waals surface area (Å²) in [6.07, 6.45) is 3.60. The number of carbonyl (C=O) groups excluding carboxylic acids is 2. The van der Waals surface area contributed by atoms with E-state index in [-0.39, 0.29) is 24.2 Å². The van der Waals surface area contributed by atoms with Gasteiger partial charge in [-0.15, -0.1) is 11.8 Å². The summed E-state index contributed by atoms with van der Waals surface area (Å²) in [4.78, 5) is 27.3. The molecule has 4 nitrogen and oxygen atoms in total. The van der Waals surface area contributed by atoms with Crippen molar-refractivity contribution in [2.75, 3.05) is 31.3 Å². The summed E-state index contributed by atoms with van der Waals surface area (Å²) in [5, 5.41) is 0. The second-order valence-electron chi connectivity index (χ2n) is 5.81. The van der Waals surface area contributed by atoms with Crippen molar-refractivity contribution in [1.29, 1.82) is 0 Å². The van der Waals surface area contributed by atoms with Crippen molar-refractivity contribution in [2.45, 2.75) is 12.8 Å². The number of halogens is 1. The summed E-state index contributed by atoms with van der Waals surface area (Å²) >= 11 is 1.55. The summed E-state index contributed by atoms with van der Waals surface area (Å²) in [7, 11) is 0. The number of thioether (sulfide) groups is 1. The molecule has 0 bridgehead atoms. The Balaban J connectivity index is 1.53. The van der Waals surface area contributed by atoms with E-state index in [2.05, 4.69) is 0 Å². The van der Waals surface area contributed by atoms with E-state index in [1.807, 2.05) is 17.0 Å². The fraction of sp³-hybridized carbons (Fsp3) is 0.412. The van der Waals surface area contributed by atoms with Crippen molar-refractivity contribution in [2.24, 2.45) is 0 Å². The number of piperidine rings is 1. The Morgan fingerprint density at radius 2 is 2.09 bits per heavy atom. The quantitative estimate of drug-likeness (QED) is 0.852. The molecule has 0 radical (unpaired) electrons. The highest BCUT2D eigenvalue weighted by molar-refractivity contribution is 8.00. The van der Waals surface area contributed by atoms with Gasteiger partial charge < -0.3 is 9.80 Å². The highest BCUT2D eigenvalue weighted by atomic mass is 32.2. The van der Waals surface area contributed by atoms with Crippen LogP contribution in [0.4, 0.5) is 4.39 Å². The van der Waals surface area contributed by atoms with E-state index in [1.165, 1.54) is 17.7 Å². The maximum Gasteiger partial charge on any atom is 0.242 e. The van der Waals surface area contributed by atoms with Crippen LogP contribution in [-0.2, 0) is 9.59 Å². The fourth-order valence-corrected chi connectivity index (χ4v) is 3.73. The molecule has 2 aliphatic rings. The fourth-order valence-electron chi connectivity index (χ4n) is 2.82. The molecule has 2 amide bonds. The highest BCUT2D eigenvalue weighted by Crippen LogP contribution is 2.21. The number of nitrogens with zero attached hydrogens (tertiary/aromatic N) is 2. The summed E-state index contributed by atoms with van der Waals surface area (Å²) in [5.41, 5.74) is 2.09. The number of benzene rings is 1. The maximum atomic E-state index is 13.2. The van der Waals surface area contributed by atoms with Crippen LogP contribution in [0.3, 0.4) is 0 Å². The lowest BCUT2D eigenvalue weighted by atomic mass is 10.0. The Labute approximate surface area is 139 Å². The SMILES string of the molecule is O=C(CN1CSCC1=O)N1CCC(=Cc2cccc(F)c2)CC1. The largest absolute Gasteiger partial charge is 0.341 e. The zero-order chi connectivity index (χ0) is 16.2. The summed E-state index contributed by atoms with van der Waals surface area (Å²) in [6, 6.07) is 6.53. The molecule has 1 aromatic carbocycles. The number of carbonyl (C=O) groups is 2. The van der Waals surface area contributed by atoms with Crippen molar-refractivity contribution < 1.29 is 14.0 Å². The molecule has 122 valence electrons. The minimum atomic E-state index is -0.236. The van der Waals surface area contributed by atoms with Gasteiger partial charge in [-0.1, -0.05) is 23.8 Å². The van der Waals surface area contributed by atoms with Crippen molar-refractivity contribution in [3.63, 3.8) is 0 Å². The first kappa shape index (κ1) is 16.1. The average Bonchev–Trinajstić information content (AvgIpc) is 2.93. The van der Waals surface area contributed by atoms with Gasteiger partial charge in [-0.2, -0.15) is 0 Å². The average molecular weight is 334 g/mol. The second kappa shape index (κ2) is 7.17. The lowest BCUT2D eigenvalue weighted by Crippen LogP contribution is -2.43. The highest BCUT2D eigenvalue weighted by Gasteiger charge is 2.26. The Morgan fingerprint density at radius 3 is 2.74 bits per heavy atom. The van der Waals surface area contributed by atoms with Crippen LogP contribution in [0.5, 0.6) is 0 Å². The summed E-state index contributed by atoms with van der Waals surface area (Å²) in [5.74, 6) is 0.925. The van der Waals surface area contributed by atoms with Crippen LogP contribution in [-0.4, -0.2) is 52.9 Å². The van der Waals surface area contributed by atoms with E-state index in [0.29, 0.717) is 24.7 Å². The molecule has 0 atom stereocenters. The monoisotopic (exact) mass is 334 g/mol. The first-order chi connectivity index (χ1) is 11.1. The van der Waals surface area contributed by atoms with Gasteiger partial charge in [0.05, 0.1) is 11.6 Å². The standard InChI is InChI=1S/C17H19FN2O2S/c18-15-3-1-2-14(9-15)8-13-4-6-19(7-5-13)16(21)10-20-12-23-11-17(20)22/h1-3,8-9H,4-7,10-12H2. The second-order valence-corrected chi connectivity index (χ2v) is 6.76. The van der Waals surface area contributed by atoms with Gasteiger partial charge in [-0.05, 0) is 30.5 Å². The Morgan fingerprint density at radius 1 is 1.30 bits per heavy atom. The van der Waals surface area contributed by atoms with Gasteiger partial charge in [-0.3, -0.25) is 9.59 Å². The van der Waals surface area contributed by atoms with Crippen LogP contribution in [0.25, 0.3) is 6.08 Å². The zero-order valence-corrected chi connectivity index (χ0v) is 13.7. The molecular formula is C17H19FN2O2S. The number of amides is 2. The first-order valence-electron chi connectivity index (χ1n) is 7.70. The Kier molecular flexibility index (Phi) is 5.00. The van der Waals surface area contributed by atoms with Crippen molar-refractivity contribution in [3.05, 3.63) is 41.2 Å². The van der Waals surface area contributed by atoms with E-state index in [0.717, 1.165) is 18.4 Å². The van der Waals surface area contributed by atoms with E-state index < -0.39 is 0 Å².